The number of nitrogens with one attached hydrogen (secondary N) is 2. The van der Waals surface area contributed by atoms with Gasteiger partial charge in [-0.3, -0.25) is 4.79 Å². The predicted octanol–water partition coefficient (Wildman–Crippen LogP) is 7.09. The highest BCUT2D eigenvalue weighted by Crippen LogP contribution is 2.40. The van der Waals surface area contributed by atoms with Gasteiger partial charge in [0.25, 0.3) is 5.91 Å². The first kappa shape index (κ1) is 34.9. The smallest absolute Gasteiger partial charge is 0.319 e. The van der Waals surface area contributed by atoms with E-state index in [4.69, 9.17) is 14.2 Å². The molecule has 2 aromatic heterocycles. The van der Waals surface area contributed by atoms with Crippen LogP contribution in [0.15, 0.2) is 48.8 Å². The van der Waals surface area contributed by atoms with Crippen LogP contribution in [0.1, 0.15) is 17.3 Å². The van der Waals surface area contributed by atoms with E-state index in [2.05, 4.69) is 35.3 Å². The zero-order valence-corrected chi connectivity index (χ0v) is 28.9. The van der Waals surface area contributed by atoms with Crippen molar-refractivity contribution >= 4 is 36.7 Å². The van der Waals surface area contributed by atoms with Crippen molar-refractivity contribution in [1.82, 2.24) is 19.8 Å². The summed E-state index contributed by atoms with van der Waals surface area (Å²) in [6.45, 7) is 10.7. The van der Waals surface area contributed by atoms with Crippen LogP contribution in [0.4, 0.5) is 23.7 Å². The van der Waals surface area contributed by atoms with E-state index in [1.54, 1.807) is 30.9 Å². The second kappa shape index (κ2) is 14.0. The number of anilines is 1. The number of carbonyl (C=O) groups is 2. The molecule has 10 nitrogen and oxygen atoms in total. The fourth-order valence-corrected chi connectivity index (χ4v) is 5.87. The molecule has 1 aliphatic rings. The first-order valence-corrected chi connectivity index (χ1v) is 19.2. The summed E-state index contributed by atoms with van der Waals surface area (Å²) in [7, 11) is 1.76. The normalized spacial score (nSPS) is 14.0. The number of halogens is 3. The van der Waals surface area contributed by atoms with Crippen molar-refractivity contribution in [2.75, 3.05) is 45.8 Å². The Balaban J connectivity index is 1.49. The van der Waals surface area contributed by atoms with Gasteiger partial charge in [0.05, 0.1) is 18.6 Å². The van der Waals surface area contributed by atoms with E-state index in [0.717, 1.165) is 24.2 Å². The van der Waals surface area contributed by atoms with Gasteiger partial charge in [-0.1, -0.05) is 26.6 Å². The third kappa shape index (κ3) is 8.17. The molecule has 0 aliphatic carbocycles. The number of amides is 3. The molecule has 256 valence electrons. The minimum atomic E-state index is -1.37. The average Bonchev–Trinajstić information content (AvgIpc) is 3.37. The fraction of sp³-hybridized carbons (Fsp3) is 0.382. The third-order valence-electron chi connectivity index (χ3n) is 7.85. The van der Waals surface area contributed by atoms with E-state index in [9.17, 15) is 14.0 Å². The lowest BCUT2D eigenvalue weighted by molar-refractivity contribution is -0.0974. The highest BCUT2D eigenvalue weighted by molar-refractivity contribution is 6.76. The lowest BCUT2D eigenvalue weighted by Gasteiger charge is -2.37. The van der Waals surface area contributed by atoms with Crippen LogP contribution >= 0.6 is 0 Å². The summed E-state index contributed by atoms with van der Waals surface area (Å²) in [6.07, 6.45) is 3.11. The van der Waals surface area contributed by atoms with Gasteiger partial charge in [-0.25, -0.2) is 22.9 Å². The molecule has 2 N–H and O–H groups in total. The van der Waals surface area contributed by atoms with Crippen LogP contribution in [0.25, 0.3) is 22.2 Å². The van der Waals surface area contributed by atoms with Gasteiger partial charge in [0, 0.05) is 82.1 Å². The molecule has 0 bridgehead atoms. The van der Waals surface area contributed by atoms with Gasteiger partial charge < -0.3 is 34.3 Å². The van der Waals surface area contributed by atoms with E-state index >= 15 is 8.78 Å². The Morgan fingerprint density at radius 2 is 1.79 bits per heavy atom. The van der Waals surface area contributed by atoms with Crippen LogP contribution in [-0.4, -0.2) is 74.9 Å². The molecule has 0 unspecified atom stereocenters. The van der Waals surface area contributed by atoms with Gasteiger partial charge >= 0.3 is 6.03 Å². The standard InChI is InChI=1S/C34H40F3N5O5Si/c1-34(18-46-19-34)17-39-33(44)40-24-14-26(36)30(27(37)15-24)47-28-7-8-38-31-29(28)25(16-42(31)20-45-9-10-48(4,5)6)21-11-22(13-23(35)12-21)32(43)41(2)3/h7-8,11-16H,9-10,17-20H2,1-6H3,(H2,39,40,44). The molecular formula is C34H40F3N5O5Si. The third-order valence-corrected chi connectivity index (χ3v) is 9.56. The minimum absolute atomic E-state index is 0.0350. The van der Waals surface area contributed by atoms with Gasteiger partial charge in [0.1, 0.15) is 23.9 Å². The van der Waals surface area contributed by atoms with Crippen molar-refractivity contribution in [1.29, 1.82) is 0 Å². The van der Waals surface area contributed by atoms with Crippen molar-refractivity contribution in [3.05, 3.63) is 71.8 Å². The number of rotatable bonds is 12. The molecule has 4 aromatic rings. The predicted molar refractivity (Wildman–Crippen MR) is 180 cm³/mol. The summed E-state index contributed by atoms with van der Waals surface area (Å²) in [5.74, 6) is -3.84. The molecule has 2 aromatic carbocycles. The quantitative estimate of drug-likeness (QED) is 0.122. The van der Waals surface area contributed by atoms with Crippen molar-refractivity contribution in [2.24, 2.45) is 5.41 Å². The lowest BCUT2D eigenvalue weighted by Crippen LogP contribution is -2.49. The largest absolute Gasteiger partial charge is 0.450 e. The number of carbonyl (C=O) groups excluding carboxylic acids is 2. The number of aromatic nitrogens is 2. The molecule has 1 aliphatic heterocycles. The van der Waals surface area contributed by atoms with Crippen molar-refractivity contribution in [3.63, 3.8) is 0 Å². The van der Waals surface area contributed by atoms with Gasteiger partial charge in [0.2, 0.25) is 0 Å². The van der Waals surface area contributed by atoms with Crippen LogP contribution in [0.5, 0.6) is 11.5 Å². The highest BCUT2D eigenvalue weighted by atomic mass is 28.3. The zero-order chi connectivity index (χ0) is 34.8. The molecule has 3 heterocycles. The molecule has 0 saturated carbocycles. The Hall–Kier alpha value is -4.40. The number of benzene rings is 2. The van der Waals surface area contributed by atoms with Crippen molar-refractivity contribution < 1.29 is 37.0 Å². The van der Waals surface area contributed by atoms with Crippen LogP contribution < -0.4 is 15.4 Å². The van der Waals surface area contributed by atoms with Crippen LogP contribution in [-0.2, 0) is 16.2 Å². The molecule has 1 fully saturated rings. The minimum Gasteiger partial charge on any atom is -0.450 e. The van der Waals surface area contributed by atoms with E-state index in [1.807, 2.05) is 6.92 Å². The molecule has 1 saturated heterocycles. The summed E-state index contributed by atoms with van der Waals surface area (Å²) in [5.41, 5.74) is 0.932. The number of hydrogen-bond donors (Lipinski definition) is 2. The van der Waals surface area contributed by atoms with Crippen molar-refractivity contribution in [3.8, 4) is 22.6 Å². The average molecular weight is 684 g/mol. The van der Waals surface area contributed by atoms with Gasteiger partial charge in [-0.2, -0.15) is 0 Å². The molecule has 0 spiro atoms. The van der Waals surface area contributed by atoms with Gasteiger partial charge in [-0.05, 0) is 35.9 Å². The SMILES string of the molecule is CN(C)C(=O)c1cc(F)cc(-c2cn(COCC[Si](C)(C)C)c3nccc(Oc4c(F)cc(NC(=O)NCC5(C)COC5)cc4F)c23)c1. The number of fused-ring (bicyclic) bond motifs is 1. The molecule has 3 amide bonds. The Bertz CT molecular complexity index is 1810. The van der Waals surface area contributed by atoms with Crippen LogP contribution in [0, 0.1) is 22.9 Å². The van der Waals surface area contributed by atoms with E-state index < -0.39 is 43.2 Å². The van der Waals surface area contributed by atoms with E-state index in [-0.39, 0.29) is 29.1 Å². The van der Waals surface area contributed by atoms with Crippen molar-refractivity contribution in [2.45, 2.75) is 39.3 Å². The molecule has 0 radical (unpaired) electrons. The van der Waals surface area contributed by atoms with Crippen LogP contribution in [0.2, 0.25) is 25.7 Å². The maximum absolute atomic E-state index is 15.4. The van der Waals surface area contributed by atoms with Gasteiger partial charge in [-0.15, -0.1) is 0 Å². The second-order valence-electron chi connectivity index (χ2n) is 13.8. The molecule has 5 rings (SSSR count). The molecular weight excluding hydrogens is 643 g/mol. The van der Waals surface area contributed by atoms with E-state index in [0.29, 0.717) is 48.5 Å². The summed E-state index contributed by atoms with van der Waals surface area (Å²) < 4.78 is 64.5. The summed E-state index contributed by atoms with van der Waals surface area (Å²) in [4.78, 5) is 31.0. The zero-order valence-electron chi connectivity index (χ0n) is 27.9. The maximum atomic E-state index is 15.4. The van der Waals surface area contributed by atoms with Gasteiger partial charge in [0.15, 0.2) is 17.4 Å². The first-order valence-electron chi connectivity index (χ1n) is 15.5. The Morgan fingerprint density at radius 3 is 2.42 bits per heavy atom. The molecule has 0 atom stereocenters. The van der Waals surface area contributed by atoms with E-state index in [1.165, 1.54) is 23.2 Å². The lowest BCUT2D eigenvalue weighted by atomic mass is 9.89. The number of urea groups is 1. The second-order valence-corrected chi connectivity index (χ2v) is 19.4. The number of nitrogens with zero attached hydrogens (tertiary/aromatic N) is 3. The topological polar surface area (TPSA) is 107 Å². The number of hydrogen-bond acceptors (Lipinski definition) is 6. The Kier molecular flexibility index (Phi) is 10.2. The monoisotopic (exact) mass is 683 g/mol. The van der Waals surface area contributed by atoms with Crippen LogP contribution in [0.3, 0.4) is 0 Å². The first-order chi connectivity index (χ1) is 22.6. The highest BCUT2D eigenvalue weighted by Gasteiger charge is 2.33. The Labute approximate surface area is 278 Å². The number of ether oxygens (including phenoxy) is 3. The molecule has 48 heavy (non-hydrogen) atoms. The maximum Gasteiger partial charge on any atom is 0.319 e. The Morgan fingerprint density at radius 1 is 1.08 bits per heavy atom. The summed E-state index contributed by atoms with van der Waals surface area (Å²) in [6, 6.07) is 7.60. The summed E-state index contributed by atoms with van der Waals surface area (Å²) >= 11 is 0. The molecule has 14 heteroatoms. The fourth-order valence-electron chi connectivity index (χ4n) is 5.12. The summed E-state index contributed by atoms with van der Waals surface area (Å²) in [5, 5.41) is 5.45. The number of pyridine rings is 1.